The number of anilines is 2. The molecule has 7 nitrogen and oxygen atoms in total. The molecule has 1 aliphatic rings. The van der Waals surface area contributed by atoms with E-state index in [-0.39, 0.29) is 23.8 Å². The first-order valence-electron chi connectivity index (χ1n) is 10.9. The third kappa shape index (κ3) is 6.57. The van der Waals surface area contributed by atoms with Crippen LogP contribution < -0.4 is 21.3 Å². The van der Waals surface area contributed by atoms with Gasteiger partial charge in [-0.2, -0.15) is 0 Å². The maximum Gasteiger partial charge on any atom is 0.319 e. The number of hydrogen-bond acceptors (Lipinski definition) is 3. The molecule has 0 unspecified atom stereocenters. The van der Waals surface area contributed by atoms with Crippen molar-refractivity contribution in [2.75, 3.05) is 23.7 Å². The van der Waals surface area contributed by atoms with Gasteiger partial charge in [0.15, 0.2) is 0 Å². The third-order valence-electron chi connectivity index (χ3n) is 5.48. The van der Waals surface area contributed by atoms with Gasteiger partial charge in [0.25, 0.3) is 5.91 Å². The summed E-state index contributed by atoms with van der Waals surface area (Å²) >= 11 is 0. The number of hydrogen-bond donors (Lipinski definition) is 4. The van der Waals surface area contributed by atoms with E-state index in [2.05, 4.69) is 21.3 Å². The molecular formula is C24H30N4O3. The van der Waals surface area contributed by atoms with Gasteiger partial charge in [0, 0.05) is 35.9 Å². The van der Waals surface area contributed by atoms with Gasteiger partial charge in [-0.15, -0.1) is 0 Å². The lowest BCUT2D eigenvalue weighted by Gasteiger charge is -2.12. The number of rotatable bonds is 8. The largest absolute Gasteiger partial charge is 0.350 e. The molecule has 7 heteroatoms. The number of para-hydroxylation sites is 1. The zero-order valence-electron chi connectivity index (χ0n) is 17.9. The number of amides is 4. The lowest BCUT2D eigenvalue weighted by atomic mass is 10.1. The Labute approximate surface area is 183 Å². The normalized spacial score (nSPS) is 13.5. The second kappa shape index (κ2) is 11.2. The SMILES string of the molecule is CCc1ccccc1NC(=O)NCCNC(=O)c1ccc(NC(=O)C2CCCC2)cc1. The van der Waals surface area contributed by atoms with Crippen LogP contribution in [0.5, 0.6) is 0 Å². The van der Waals surface area contributed by atoms with Crippen molar-refractivity contribution < 1.29 is 14.4 Å². The molecule has 164 valence electrons. The molecule has 3 rings (SSSR count). The van der Waals surface area contributed by atoms with Crippen LogP contribution in [0.3, 0.4) is 0 Å². The summed E-state index contributed by atoms with van der Waals surface area (Å²) in [7, 11) is 0. The second-order valence-corrected chi connectivity index (χ2v) is 7.70. The molecule has 0 aromatic heterocycles. The number of urea groups is 1. The molecule has 0 heterocycles. The molecule has 0 aliphatic heterocycles. The Bertz CT molecular complexity index is 905. The second-order valence-electron chi connectivity index (χ2n) is 7.70. The highest BCUT2D eigenvalue weighted by atomic mass is 16.2. The summed E-state index contributed by atoms with van der Waals surface area (Å²) in [6.07, 6.45) is 4.95. The van der Waals surface area contributed by atoms with E-state index in [1.165, 1.54) is 0 Å². The first-order chi connectivity index (χ1) is 15.1. The quantitative estimate of drug-likeness (QED) is 0.485. The van der Waals surface area contributed by atoms with Gasteiger partial charge in [0.1, 0.15) is 0 Å². The molecule has 2 aromatic rings. The molecule has 0 saturated heterocycles. The van der Waals surface area contributed by atoms with Crippen molar-refractivity contribution >= 4 is 29.2 Å². The van der Waals surface area contributed by atoms with Gasteiger partial charge in [-0.1, -0.05) is 38.0 Å². The summed E-state index contributed by atoms with van der Waals surface area (Å²) in [5, 5.41) is 11.3. The van der Waals surface area contributed by atoms with Crippen LogP contribution in [-0.4, -0.2) is 30.9 Å². The van der Waals surface area contributed by atoms with E-state index in [0.717, 1.165) is 43.4 Å². The zero-order chi connectivity index (χ0) is 22.1. The van der Waals surface area contributed by atoms with Gasteiger partial charge < -0.3 is 21.3 Å². The van der Waals surface area contributed by atoms with E-state index in [4.69, 9.17) is 0 Å². The van der Waals surface area contributed by atoms with Crippen molar-refractivity contribution in [1.29, 1.82) is 0 Å². The minimum Gasteiger partial charge on any atom is -0.350 e. The van der Waals surface area contributed by atoms with Crippen molar-refractivity contribution in [2.45, 2.75) is 39.0 Å². The minimum absolute atomic E-state index is 0.0561. The van der Waals surface area contributed by atoms with E-state index >= 15 is 0 Å². The van der Waals surface area contributed by atoms with Crippen molar-refractivity contribution in [3.63, 3.8) is 0 Å². The Kier molecular flexibility index (Phi) is 8.04. The summed E-state index contributed by atoms with van der Waals surface area (Å²) in [4.78, 5) is 36.5. The molecule has 1 fully saturated rings. The van der Waals surface area contributed by atoms with Crippen molar-refractivity contribution in [1.82, 2.24) is 10.6 Å². The van der Waals surface area contributed by atoms with E-state index in [0.29, 0.717) is 24.3 Å². The van der Waals surface area contributed by atoms with E-state index in [9.17, 15) is 14.4 Å². The van der Waals surface area contributed by atoms with Crippen LogP contribution in [-0.2, 0) is 11.2 Å². The molecule has 2 aromatic carbocycles. The molecule has 0 radical (unpaired) electrons. The molecular weight excluding hydrogens is 392 g/mol. The third-order valence-corrected chi connectivity index (χ3v) is 5.48. The van der Waals surface area contributed by atoms with Crippen LogP contribution in [0.2, 0.25) is 0 Å². The Morgan fingerprint density at radius 3 is 2.26 bits per heavy atom. The number of nitrogens with one attached hydrogen (secondary N) is 4. The fourth-order valence-corrected chi connectivity index (χ4v) is 3.71. The Hall–Kier alpha value is -3.35. The van der Waals surface area contributed by atoms with Crippen LogP contribution in [0.4, 0.5) is 16.2 Å². The van der Waals surface area contributed by atoms with Crippen LogP contribution in [0.1, 0.15) is 48.5 Å². The van der Waals surface area contributed by atoms with Gasteiger partial charge in [0.05, 0.1) is 0 Å². The van der Waals surface area contributed by atoms with Crippen molar-refractivity contribution in [3.05, 3.63) is 59.7 Å². The fraction of sp³-hybridized carbons (Fsp3) is 0.375. The lowest BCUT2D eigenvalue weighted by molar-refractivity contribution is -0.119. The maximum absolute atomic E-state index is 12.3. The summed E-state index contributed by atoms with van der Waals surface area (Å²) in [5.74, 6) is -0.0732. The van der Waals surface area contributed by atoms with Gasteiger partial charge in [0.2, 0.25) is 5.91 Å². The molecule has 4 amide bonds. The van der Waals surface area contributed by atoms with Crippen LogP contribution in [0.25, 0.3) is 0 Å². The van der Waals surface area contributed by atoms with E-state index < -0.39 is 0 Å². The number of aryl methyl sites for hydroxylation is 1. The number of benzene rings is 2. The Morgan fingerprint density at radius 2 is 1.55 bits per heavy atom. The summed E-state index contributed by atoms with van der Waals surface area (Å²) in [5.41, 5.74) is 3.04. The van der Waals surface area contributed by atoms with Crippen LogP contribution in [0.15, 0.2) is 48.5 Å². The molecule has 0 spiro atoms. The van der Waals surface area contributed by atoms with E-state index in [1.807, 2.05) is 31.2 Å². The summed E-state index contributed by atoms with van der Waals surface area (Å²) in [6.45, 7) is 2.65. The minimum atomic E-state index is -0.308. The lowest BCUT2D eigenvalue weighted by Crippen LogP contribution is -2.36. The average molecular weight is 423 g/mol. The van der Waals surface area contributed by atoms with Gasteiger partial charge in [-0.25, -0.2) is 4.79 Å². The highest BCUT2D eigenvalue weighted by Crippen LogP contribution is 2.26. The summed E-state index contributed by atoms with van der Waals surface area (Å²) in [6, 6.07) is 14.2. The molecule has 0 atom stereocenters. The first-order valence-corrected chi connectivity index (χ1v) is 10.9. The standard InChI is InChI=1S/C24H30N4O3/c1-2-17-7-5-6-10-21(17)28-24(31)26-16-15-25-22(29)19-11-13-20(14-12-19)27-23(30)18-8-3-4-9-18/h5-7,10-14,18H,2-4,8-9,15-16H2,1H3,(H,25,29)(H,27,30)(H2,26,28,31). The Morgan fingerprint density at radius 1 is 0.871 bits per heavy atom. The van der Waals surface area contributed by atoms with Gasteiger partial charge in [-0.05, 0) is 55.2 Å². The van der Waals surface area contributed by atoms with Crippen molar-refractivity contribution in [3.8, 4) is 0 Å². The highest BCUT2D eigenvalue weighted by Gasteiger charge is 2.22. The van der Waals surface area contributed by atoms with Gasteiger partial charge >= 0.3 is 6.03 Å². The predicted octanol–water partition coefficient (Wildman–Crippen LogP) is 3.93. The highest BCUT2D eigenvalue weighted by molar-refractivity contribution is 5.96. The molecule has 31 heavy (non-hydrogen) atoms. The molecule has 0 bridgehead atoms. The number of carbonyl (C=O) groups excluding carboxylic acids is 3. The molecule has 4 N–H and O–H groups in total. The first kappa shape index (κ1) is 22.3. The van der Waals surface area contributed by atoms with Crippen LogP contribution in [0, 0.1) is 5.92 Å². The maximum atomic E-state index is 12.3. The van der Waals surface area contributed by atoms with Crippen LogP contribution >= 0.6 is 0 Å². The van der Waals surface area contributed by atoms with E-state index in [1.54, 1.807) is 24.3 Å². The predicted molar refractivity (Wildman–Crippen MR) is 122 cm³/mol. The monoisotopic (exact) mass is 422 g/mol. The smallest absolute Gasteiger partial charge is 0.319 e. The Balaban J connectivity index is 1.38. The number of carbonyl (C=O) groups is 3. The zero-order valence-corrected chi connectivity index (χ0v) is 17.9. The summed E-state index contributed by atoms with van der Waals surface area (Å²) < 4.78 is 0. The molecule has 1 aliphatic carbocycles. The average Bonchev–Trinajstić information content (AvgIpc) is 3.33. The topological polar surface area (TPSA) is 99.3 Å². The van der Waals surface area contributed by atoms with Crippen molar-refractivity contribution in [2.24, 2.45) is 5.92 Å². The van der Waals surface area contributed by atoms with Gasteiger partial charge in [-0.3, -0.25) is 9.59 Å². The fourth-order valence-electron chi connectivity index (χ4n) is 3.71. The molecule has 1 saturated carbocycles.